The normalized spacial score (nSPS) is 16.4. The van der Waals surface area contributed by atoms with E-state index in [1.54, 1.807) is 38.1 Å². The van der Waals surface area contributed by atoms with E-state index in [4.69, 9.17) is 11.6 Å². The number of hydrogen-bond acceptors (Lipinski definition) is 4. The van der Waals surface area contributed by atoms with Crippen molar-refractivity contribution in [2.75, 3.05) is 13.1 Å². The second-order valence-electron chi connectivity index (χ2n) is 6.52. The van der Waals surface area contributed by atoms with E-state index in [1.165, 1.54) is 4.31 Å². The van der Waals surface area contributed by atoms with Crippen LogP contribution in [-0.4, -0.2) is 41.5 Å². The molecule has 0 N–H and O–H groups in total. The summed E-state index contributed by atoms with van der Waals surface area (Å²) in [6.45, 7) is 4.24. The van der Waals surface area contributed by atoms with Gasteiger partial charge in [-0.05, 0) is 38.8 Å². The summed E-state index contributed by atoms with van der Waals surface area (Å²) in [4.78, 5) is 12.9. The molecule has 8 heteroatoms. The van der Waals surface area contributed by atoms with Crippen molar-refractivity contribution in [3.05, 3.63) is 46.2 Å². The van der Waals surface area contributed by atoms with Crippen LogP contribution in [0, 0.1) is 13.8 Å². The Morgan fingerprint density at radius 3 is 2.31 bits per heavy atom. The lowest BCUT2D eigenvalue weighted by atomic mass is 10.2. The Bertz CT molecular complexity index is 929. The van der Waals surface area contributed by atoms with E-state index >= 15 is 0 Å². The predicted molar refractivity (Wildman–Crippen MR) is 100 cm³/mol. The fraction of sp³-hybridized carbons (Fsp3) is 0.444. The Morgan fingerprint density at radius 2 is 1.69 bits per heavy atom. The Hall–Kier alpha value is -1.70. The van der Waals surface area contributed by atoms with Crippen LogP contribution in [0.25, 0.3) is 0 Å². The van der Waals surface area contributed by atoms with Gasteiger partial charge in [-0.2, -0.15) is 14.1 Å². The largest absolute Gasteiger partial charge is 0.279 e. The number of halogens is 1. The number of sulfonamides is 1. The average molecular weight is 396 g/mol. The summed E-state index contributed by atoms with van der Waals surface area (Å²) >= 11 is 6.11. The average Bonchev–Trinajstić information content (AvgIpc) is 2.79. The summed E-state index contributed by atoms with van der Waals surface area (Å²) in [6.07, 6.45) is 3.77. The van der Waals surface area contributed by atoms with Crippen molar-refractivity contribution in [1.82, 2.24) is 14.1 Å². The highest BCUT2D eigenvalue weighted by Crippen LogP contribution is 2.27. The number of nitrogens with zero attached hydrogens (tertiary/aromatic N) is 3. The molecule has 0 bridgehead atoms. The van der Waals surface area contributed by atoms with Crippen LogP contribution in [0.2, 0.25) is 5.02 Å². The second-order valence-corrected chi connectivity index (χ2v) is 8.80. The van der Waals surface area contributed by atoms with Gasteiger partial charge in [0.25, 0.3) is 5.91 Å². The maximum absolute atomic E-state index is 13.2. The molecule has 0 unspecified atom stereocenters. The first-order valence-corrected chi connectivity index (χ1v) is 10.5. The number of rotatable bonds is 3. The SMILES string of the molecule is Cc1nn(C(=O)c2ccccc2Cl)c(C)c1S(=O)(=O)N1CCCCCC1. The van der Waals surface area contributed by atoms with Gasteiger partial charge in [-0.3, -0.25) is 4.79 Å². The summed E-state index contributed by atoms with van der Waals surface area (Å²) in [5, 5.41) is 4.52. The molecule has 1 fully saturated rings. The van der Waals surface area contributed by atoms with Gasteiger partial charge in [-0.25, -0.2) is 8.42 Å². The van der Waals surface area contributed by atoms with Crippen molar-refractivity contribution < 1.29 is 13.2 Å². The molecular formula is C18H22ClN3O3S. The molecule has 1 saturated heterocycles. The molecule has 0 spiro atoms. The summed E-state index contributed by atoms with van der Waals surface area (Å²) in [6, 6.07) is 6.66. The van der Waals surface area contributed by atoms with E-state index < -0.39 is 15.9 Å². The number of aromatic nitrogens is 2. The van der Waals surface area contributed by atoms with Crippen LogP contribution in [0.4, 0.5) is 0 Å². The van der Waals surface area contributed by atoms with Gasteiger partial charge in [0.2, 0.25) is 10.0 Å². The third-order valence-electron chi connectivity index (χ3n) is 4.68. The van der Waals surface area contributed by atoms with Crippen LogP contribution in [0.15, 0.2) is 29.2 Å². The molecule has 1 aliphatic rings. The highest BCUT2D eigenvalue weighted by atomic mass is 35.5. The Balaban J connectivity index is 2.03. The van der Waals surface area contributed by atoms with E-state index in [0.717, 1.165) is 30.4 Å². The number of benzene rings is 1. The molecule has 1 aliphatic heterocycles. The van der Waals surface area contributed by atoms with E-state index in [-0.39, 0.29) is 4.90 Å². The fourth-order valence-electron chi connectivity index (χ4n) is 3.36. The third kappa shape index (κ3) is 3.43. The zero-order valence-corrected chi connectivity index (χ0v) is 16.5. The first-order chi connectivity index (χ1) is 12.3. The van der Waals surface area contributed by atoms with Crippen molar-refractivity contribution in [1.29, 1.82) is 0 Å². The number of carbonyl (C=O) groups excluding carboxylic acids is 1. The third-order valence-corrected chi connectivity index (χ3v) is 7.17. The minimum absolute atomic E-state index is 0.125. The molecule has 140 valence electrons. The highest BCUT2D eigenvalue weighted by Gasteiger charge is 2.32. The number of aryl methyl sites for hydroxylation is 1. The van der Waals surface area contributed by atoms with E-state index in [1.807, 2.05) is 0 Å². The molecule has 0 atom stereocenters. The lowest BCUT2D eigenvalue weighted by Crippen LogP contribution is -2.32. The van der Waals surface area contributed by atoms with Crippen LogP contribution in [0.3, 0.4) is 0 Å². The summed E-state index contributed by atoms with van der Waals surface area (Å²) < 4.78 is 29.0. The summed E-state index contributed by atoms with van der Waals surface area (Å²) in [5.74, 6) is -0.437. The van der Waals surface area contributed by atoms with Gasteiger partial charge in [0.05, 0.1) is 22.0 Å². The minimum Gasteiger partial charge on any atom is -0.267 e. The standard InChI is InChI=1S/C18H22ClN3O3S/c1-13-17(26(24,25)21-11-7-3-4-8-12-21)14(2)22(20-13)18(23)15-9-5-6-10-16(15)19/h5-6,9-10H,3-4,7-8,11-12H2,1-2H3. The molecular weight excluding hydrogens is 374 g/mol. The molecule has 2 aromatic rings. The van der Waals surface area contributed by atoms with Gasteiger partial charge < -0.3 is 0 Å². The van der Waals surface area contributed by atoms with Crippen LogP contribution < -0.4 is 0 Å². The minimum atomic E-state index is -3.69. The highest BCUT2D eigenvalue weighted by molar-refractivity contribution is 7.89. The molecule has 0 saturated carbocycles. The second kappa shape index (κ2) is 7.50. The number of hydrogen-bond donors (Lipinski definition) is 0. The predicted octanol–water partition coefficient (Wildman–Crippen LogP) is 3.41. The zero-order valence-electron chi connectivity index (χ0n) is 14.9. The van der Waals surface area contributed by atoms with Crippen molar-refractivity contribution in [2.45, 2.75) is 44.4 Å². The van der Waals surface area contributed by atoms with E-state index in [2.05, 4.69) is 5.10 Å². The Kier molecular flexibility index (Phi) is 5.50. The van der Waals surface area contributed by atoms with Crippen molar-refractivity contribution in [3.63, 3.8) is 0 Å². The van der Waals surface area contributed by atoms with Crippen LogP contribution >= 0.6 is 11.6 Å². The molecule has 3 rings (SSSR count). The molecule has 6 nitrogen and oxygen atoms in total. The summed E-state index contributed by atoms with van der Waals surface area (Å²) in [7, 11) is -3.69. The molecule has 26 heavy (non-hydrogen) atoms. The van der Waals surface area contributed by atoms with Crippen molar-refractivity contribution >= 4 is 27.5 Å². The monoisotopic (exact) mass is 395 g/mol. The molecule has 1 aromatic heterocycles. The summed E-state index contributed by atoms with van der Waals surface area (Å²) in [5.41, 5.74) is 0.933. The lowest BCUT2D eigenvalue weighted by molar-refractivity contribution is 0.0942. The number of carbonyl (C=O) groups is 1. The van der Waals surface area contributed by atoms with Crippen molar-refractivity contribution in [3.8, 4) is 0 Å². The maximum Gasteiger partial charge on any atom is 0.279 e. The van der Waals surface area contributed by atoms with Gasteiger partial charge in [0.1, 0.15) is 4.90 Å². The van der Waals surface area contributed by atoms with Gasteiger partial charge in [0.15, 0.2) is 0 Å². The molecule has 1 aromatic carbocycles. The molecule has 0 aliphatic carbocycles. The van der Waals surface area contributed by atoms with Gasteiger partial charge >= 0.3 is 0 Å². The maximum atomic E-state index is 13.2. The lowest BCUT2D eigenvalue weighted by Gasteiger charge is -2.20. The molecule has 0 amide bonds. The fourth-order valence-corrected chi connectivity index (χ4v) is 5.45. The van der Waals surface area contributed by atoms with Crippen LogP contribution in [0.5, 0.6) is 0 Å². The van der Waals surface area contributed by atoms with Gasteiger partial charge in [0, 0.05) is 13.1 Å². The van der Waals surface area contributed by atoms with Crippen molar-refractivity contribution in [2.24, 2.45) is 0 Å². The Labute approximate surface area is 158 Å². The smallest absolute Gasteiger partial charge is 0.267 e. The first kappa shape index (κ1) is 19.1. The Morgan fingerprint density at radius 1 is 1.08 bits per heavy atom. The van der Waals surface area contributed by atoms with Gasteiger partial charge in [-0.1, -0.05) is 36.6 Å². The first-order valence-electron chi connectivity index (χ1n) is 8.69. The quantitative estimate of drug-likeness (QED) is 0.798. The van der Waals surface area contributed by atoms with E-state index in [0.29, 0.717) is 35.1 Å². The topological polar surface area (TPSA) is 72.3 Å². The van der Waals surface area contributed by atoms with E-state index in [9.17, 15) is 13.2 Å². The molecule has 0 radical (unpaired) electrons. The zero-order chi connectivity index (χ0) is 18.9. The van der Waals surface area contributed by atoms with Crippen LogP contribution in [0.1, 0.15) is 47.4 Å². The van der Waals surface area contributed by atoms with Gasteiger partial charge in [-0.15, -0.1) is 0 Å². The van der Waals surface area contributed by atoms with Crippen LogP contribution in [-0.2, 0) is 10.0 Å². The molecule has 2 heterocycles.